The van der Waals surface area contributed by atoms with Gasteiger partial charge in [-0.25, -0.2) is 10.4 Å². The maximum atomic E-state index is 13.1. The molecule has 0 aliphatic carbocycles. The number of amides is 1. The average Bonchev–Trinajstić information content (AvgIpc) is 2.86. The molecular weight excluding hydrogens is 404 g/mol. The number of methoxy groups -OCH3 is 2. The Morgan fingerprint density at radius 2 is 1.84 bits per heavy atom. The first-order valence-corrected chi connectivity index (χ1v) is 9.98. The third kappa shape index (κ3) is 4.27. The predicted molar refractivity (Wildman–Crippen MR) is 124 cm³/mol. The number of hydrazone groups is 1. The fourth-order valence-corrected chi connectivity index (χ4v) is 3.35. The van der Waals surface area contributed by atoms with Crippen LogP contribution in [-0.4, -0.2) is 35.8 Å². The third-order valence-corrected chi connectivity index (χ3v) is 5.05. The first kappa shape index (κ1) is 21.0. The number of benzene rings is 2. The molecule has 1 N–H and O–H groups in total. The summed E-state index contributed by atoms with van der Waals surface area (Å²) < 4.78 is 10.9. The molecule has 4 aromatic rings. The maximum absolute atomic E-state index is 13.1. The molecule has 0 aliphatic rings. The number of ether oxygens (including phenoxy) is 2. The normalized spacial score (nSPS) is 11.3. The molecule has 7 heteroatoms. The third-order valence-electron chi connectivity index (χ3n) is 5.05. The van der Waals surface area contributed by atoms with Gasteiger partial charge in [-0.05, 0) is 43.3 Å². The SMILES string of the molecule is COc1ccc(OC)c(-c2cc(C(=O)NN=C(C)c3cccnc3)c3ccccc3n2)c1. The number of fused-ring (bicyclic) bond motifs is 1. The number of nitrogens with zero attached hydrogens (tertiary/aromatic N) is 3. The van der Waals surface area contributed by atoms with Crippen LogP contribution in [0, 0.1) is 0 Å². The van der Waals surface area contributed by atoms with Gasteiger partial charge in [0.1, 0.15) is 11.5 Å². The number of hydrogen-bond acceptors (Lipinski definition) is 6. The number of pyridine rings is 2. The molecule has 0 spiro atoms. The van der Waals surface area contributed by atoms with E-state index in [0.29, 0.717) is 34.0 Å². The van der Waals surface area contributed by atoms with Crippen molar-refractivity contribution in [3.8, 4) is 22.8 Å². The van der Waals surface area contributed by atoms with E-state index in [4.69, 9.17) is 14.5 Å². The van der Waals surface area contributed by atoms with E-state index in [9.17, 15) is 4.79 Å². The Morgan fingerprint density at radius 3 is 2.59 bits per heavy atom. The first-order chi connectivity index (χ1) is 15.6. The largest absolute Gasteiger partial charge is 0.497 e. The second-order valence-electron chi connectivity index (χ2n) is 7.02. The molecular formula is C25H22N4O3. The molecule has 0 saturated carbocycles. The summed E-state index contributed by atoms with van der Waals surface area (Å²) in [4.78, 5) is 22.0. The number of nitrogens with one attached hydrogen (secondary N) is 1. The van der Waals surface area contributed by atoms with Crippen LogP contribution in [0.2, 0.25) is 0 Å². The summed E-state index contributed by atoms with van der Waals surface area (Å²) in [5.74, 6) is 0.957. The lowest BCUT2D eigenvalue weighted by Gasteiger charge is -2.13. The van der Waals surface area contributed by atoms with Gasteiger partial charge in [0.05, 0.1) is 36.7 Å². The minimum atomic E-state index is -0.338. The number of aromatic nitrogens is 2. The highest BCUT2D eigenvalue weighted by Crippen LogP contribution is 2.34. The van der Waals surface area contributed by atoms with Gasteiger partial charge in [0.15, 0.2) is 0 Å². The topological polar surface area (TPSA) is 85.7 Å². The van der Waals surface area contributed by atoms with Gasteiger partial charge in [0.25, 0.3) is 5.91 Å². The van der Waals surface area contributed by atoms with E-state index in [1.165, 1.54) is 0 Å². The molecule has 4 rings (SSSR count). The number of carbonyl (C=O) groups is 1. The molecule has 0 radical (unpaired) electrons. The minimum absolute atomic E-state index is 0.338. The summed E-state index contributed by atoms with van der Waals surface area (Å²) in [5.41, 5.74) is 6.60. The van der Waals surface area contributed by atoms with Crippen molar-refractivity contribution in [1.29, 1.82) is 0 Å². The Hall–Kier alpha value is -4.26. The Balaban J connectivity index is 1.77. The Morgan fingerprint density at radius 1 is 1.00 bits per heavy atom. The maximum Gasteiger partial charge on any atom is 0.272 e. The molecule has 160 valence electrons. The number of carbonyl (C=O) groups excluding carboxylic acids is 1. The zero-order valence-electron chi connectivity index (χ0n) is 18.0. The lowest BCUT2D eigenvalue weighted by molar-refractivity contribution is 0.0956. The molecule has 0 unspecified atom stereocenters. The van der Waals surface area contributed by atoms with E-state index in [0.717, 1.165) is 16.5 Å². The molecule has 0 aliphatic heterocycles. The van der Waals surface area contributed by atoms with Crippen LogP contribution < -0.4 is 14.9 Å². The van der Waals surface area contributed by atoms with Gasteiger partial charge in [-0.1, -0.05) is 24.3 Å². The summed E-state index contributed by atoms with van der Waals surface area (Å²) in [5, 5.41) is 4.98. The first-order valence-electron chi connectivity index (χ1n) is 9.98. The van der Waals surface area contributed by atoms with Crippen molar-refractivity contribution in [2.24, 2.45) is 5.10 Å². The van der Waals surface area contributed by atoms with Crippen LogP contribution in [0.25, 0.3) is 22.2 Å². The van der Waals surface area contributed by atoms with Crippen molar-refractivity contribution >= 4 is 22.5 Å². The number of hydrogen-bond donors (Lipinski definition) is 1. The van der Waals surface area contributed by atoms with Gasteiger partial charge in [-0.2, -0.15) is 5.10 Å². The molecule has 1 amide bonds. The molecule has 0 saturated heterocycles. The van der Waals surface area contributed by atoms with Gasteiger partial charge in [-0.3, -0.25) is 9.78 Å². The molecule has 0 fully saturated rings. The molecule has 0 atom stereocenters. The van der Waals surface area contributed by atoms with Crippen LogP contribution in [0.1, 0.15) is 22.8 Å². The minimum Gasteiger partial charge on any atom is -0.497 e. The molecule has 32 heavy (non-hydrogen) atoms. The highest BCUT2D eigenvalue weighted by atomic mass is 16.5. The van der Waals surface area contributed by atoms with Crippen LogP contribution in [0.5, 0.6) is 11.5 Å². The summed E-state index contributed by atoms with van der Waals surface area (Å²) in [7, 11) is 3.19. The number of para-hydroxylation sites is 1. The zero-order valence-corrected chi connectivity index (χ0v) is 18.0. The van der Waals surface area contributed by atoms with E-state index in [2.05, 4.69) is 15.5 Å². The van der Waals surface area contributed by atoms with Gasteiger partial charge in [0, 0.05) is 28.9 Å². The molecule has 2 aromatic carbocycles. The van der Waals surface area contributed by atoms with E-state index in [1.54, 1.807) is 32.7 Å². The van der Waals surface area contributed by atoms with Crippen molar-refractivity contribution in [3.05, 3.63) is 84.2 Å². The Bertz CT molecular complexity index is 1300. The number of rotatable bonds is 6. The fraction of sp³-hybridized carbons (Fsp3) is 0.120. The van der Waals surface area contributed by atoms with Crippen LogP contribution in [-0.2, 0) is 0 Å². The highest BCUT2D eigenvalue weighted by Gasteiger charge is 2.16. The van der Waals surface area contributed by atoms with Crippen molar-refractivity contribution in [2.75, 3.05) is 14.2 Å². The fourth-order valence-electron chi connectivity index (χ4n) is 3.35. The smallest absolute Gasteiger partial charge is 0.272 e. The summed E-state index contributed by atoms with van der Waals surface area (Å²) in [6, 6.07) is 18.4. The molecule has 2 aromatic heterocycles. The standard InChI is InChI=1S/C25H22N4O3/c1-16(17-7-6-12-26-15-17)28-29-25(30)20-14-23(27-22-9-5-4-8-19(20)22)21-13-18(31-2)10-11-24(21)32-3/h4-15H,1-3H3,(H,29,30). The van der Waals surface area contributed by atoms with E-state index in [-0.39, 0.29) is 5.91 Å². The van der Waals surface area contributed by atoms with E-state index in [1.807, 2.05) is 61.5 Å². The van der Waals surface area contributed by atoms with Gasteiger partial charge in [-0.15, -0.1) is 0 Å². The Labute approximate surface area is 185 Å². The Kier molecular flexibility index (Phi) is 6.07. The van der Waals surface area contributed by atoms with Crippen LogP contribution >= 0.6 is 0 Å². The monoisotopic (exact) mass is 426 g/mol. The summed E-state index contributed by atoms with van der Waals surface area (Å²) in [6.07, 6.45) is 3.38. The van der Waals surface area contributed by atoms with Crippen LogP contribution in [0.3, 0.4) is 0 Å². The molecule has 7 nitrogen and oxygen atoms in total. The zero-order chi connectivity index (χ0) is 22.5. The second kappa shape index (κ2) is 9.26. The van der Waals surface area contributed by atoms with Gasteiger partial charge in [0.2, 0.25) is 0 Å². The quantitative estimate of drug-likeness (QED) is 0.363. The second-order valence-corrected chi connectivity index (χ2v) is 7.02. The average molecular weight is 426 g/mol. The lowest BCUT2D eigenvalue weighted by atomic mass is 10.0. The van der Waals surface area contributed by atoms with Crippen molar-refractivity contribution in [1.82, 2.24) is 15.4 Å². The van der Waals surface area contributed by atoms with E-state index < -0.39 is 0 Å². The van der Waals surface area contributed by atoms with Crippen LogP contribution in [0.15, 0.2) is 78.2 Å². The summed E-state index contributed by atoms with van der Waals surface area (Å²) >= 11 is 0. The highest BCUT2D eigenvalue weighted by molar-refractivity contribution is 6.08. The van der Waals surface area contributed by atoms with Gasteiger partial charge >= 0.3 is 0 Å². The predicted octanol–water partition coefficient (Wildman–Crippen LogP) is 4.47. The van der Waals surface area contributed by atoms with Crippen LogP contribution in [0.4, 0.5) is 0 Å². The van der Waals surface area contributed by atoms with Crippen molar-refractivity contribution in [2.45, 2.75) is 6.92 Å². The summed E-state index contributed by atoms with van der Waals surface area (Å²) in [6.45, 7) is 1.81. The van der Waals surface area contributed by atoms with E-state index >= 15 is 0 Å². The van der Waals surface area contributed by atoms with Crippen molar-refractivity contribution in [3.63, 3.8) is 0 Å². The van der Waals surface area contributed by atoms with Gasteiger partial charge < -0.3 is 9.47 Å². The lowest BCUT2D eigenvalue weighted by Crippen LogP contribution is -2.20. The van der Waals surface area contributed by atoms with Crippen molar-refractivity contribution < 1.29 is 14.3 Å². The molecule has 0 bridgehead atoms. The molecule has 2 heterocycles.